The molecule has 1 aliphatic heterocycles. The molecule has 1 amide bonds. The Balaban J connectivity index is 1.47. The summed E-state index contributed by atoms with van der Waals surface area (Å²) in [6.07, 6.45) is -7.32. The first-order valence-electron chi connectivity index (χ1n) is 12.0. The first kappa shape index (κ1) is 30.7. The average molecular weight is 618 g/mol. The van der Waals surface area contributed by atoms with Gasteiger partial charge in [-0.2, -0.15) is 0 Å². The Morgan fingerprint density at radius 2 is 1.50 bits per heavy atom. The van der Waals surface area contributed by atoms with Crippen molar-refractivity contribution in [3.05, 3.63) is 72.2 Å². The number of benzene rings is 2. The number of nitrogens with one attached hydrogen (secondary N) is 1. The molecule has 1 atom stereocenters. The van der Waals surface area contributed by atoms with Crippen molar-refractivity contribution in [3.63, 3.8) is 0 Å². The average Bonchev–Trinajstić information content (AvgIpc) is 2.92. The molecule has 0 unspecified atom stereocenters. The van der Waals surface area contributed by atoms with E-state index in [1.54, 1.807) is 9.21 Å². The second-order valence-electron chi connectivity index (χ2n) is 8.69. The Bertz CT molecular complexity index is 1370. The first-order chi connectivity index (χ1) is 19.8. The number of anilines is 1. The quantitative estimate of drug-likeness (QED) is 0.263. The number of ether oxygens (including phenoxy) is 2. The molecule has 0 bridgehead atoms. The number of amides is 1. The topological polar surface area (TPSA) is 117 Å². The summed E-state index contributed by atoms with van der Waals surface area (Å²) >= 11 is 1.13. The smallest absolute Gasteiger partial charge is 0.476 e. The van der Waals surface area contributed by atoms with Gasteiger partial charge in [-0.1, -0.05) is 12.1 Å². The van der Waals surface area contributed by atoms with E-state index in [9.17, 15) is 35.9 Å². The van der Waals surface area contributed by atoms with Gasteiger partial charge in [-0.15, -0.1) is 26.3 Å². The number of halogens is 6. The van der Waals surface area contributed by atoms with Crippen LogP contribution in [0.1, 0.15) is 16.1 Å². The zero-order valence-electron chi connectivity index (χ0n) is 21.2. The van der Waals surface area contributed by atoms with Gasteiger partial charge in [-0.25, -0.2) is 19.1 Å². The lowest BCUT2D eigenvalue weighted by Gasteiger charge is -2.40. The summed E-state index contributed by atoms with van der Waals surface area (Å²) in [5, 5.41) is 11.8. The minimum absolute atomic E-state index is 0.0171. The lowest BCUT2D eigenvalue weighted by Crippen LogP contribution is -2.56. The Labute approximate surface area is 238 Å². The van der Waals surface area contributed by atoms with Crippen LogP contribution in [0.25, 0.3) is 0 Å². The highest BCUT2D eigenvalue weighted by Crippen LogP contribution is 2.31. The van der Waals surface area contributed by atoms with E-state index >= 15 is 0 Å². The molecule has 2 heterocycles. The minimum atomic E-state index is -4.84. The number of carboxylic acids is 1. The van der Waals surface area contributed by atoms with Crippen LogP contribution in [0.15, 0.2) is 65.8 Å². The fraction of sp³-hybridized carbons (Fsp3) is 0.280. The highest BCUT2D eigenvalue weighted by Gasteiger charge is 2.35. The van der Waals surface area contributed by atoms with Crippen molar-refractivity contribution in [1.29, 1.82) is 0 Å². The second kappa shape index (κ2) is 12.7. The van der Waals surface area contributed by atoms with Crippen LogP contribution in [-0.4, -0.2) is 69.7 Å². The molecule has 17 heteroatoms. The highest BCUT2D eigenvalue weighted by atomic mass is 32.2. The molecule has 3 aromatic rings. The molecular weight excluding hydrogens is 596 g/mol. The van der Waals surface area contributed by atoms with Gasteiger partial charge in [0, 0.05) is 31.1 Å². The van der Waals surface area contributed by atoms with Crippen LogP contribution in [0, 0.1) is 0 Å². The van der Waals surface area contributed by atoms with Gasteiger partial charge in [0.25, 0.3) is 0 Å². The molecule has 0 saturated carbocycles. The Morgan fingerprint density at radius 1 is 0.905 bits per heavy atom. The van der Waals surface area contributed by atoms with E-state index in [1.807, 2.05) is 0 Å². The maximum absolute atomic E-state index is 13.3. The van der Waals surface area contributed by atoms with Gasteiger partial charge in [0.1, 0.15) is 23.4 Å². The van der Waals surface area contributed by atoms with Crippen LogP contribution in [0.5, 0.6) is 11.5 Å². The van der Waals surface area contributed by atoms with Crippen molar-refractivity contribution in [2.24, 2.45) is 0 Å². The number of hydrogen-bond acceptors (Lipinski definition) is 9. The third kappa shape index (κ3) is 8.87. The highest BCUT2D eigenvalue weighted by molar-refractivity contribution is 7.97. The third-order valence-corrected chi connectivity index (χ3v) is 6.87. The summed E-state index contributed by atoms with van der Waals surface area (Å²) < 4.78 is 84.2. The number of carbonyl (C=O) groups excluding carboxylic acids is 1. The largest absolute Gasteiger partial charge is 0.573 e. The molecule has 1 fully saturated rings. The zero-order valence-corrected chi connectivity index (χ0v) is 22.0. The summed E-state index contributed by atoms with van der Waals surface area (Å²) in [6.45, 7) is 0.716. The van der Waals surface area contributed by atoms with E-state index in [0.29, 0.717) is 22.8 Å². The predicted molar refractivity (Wildman–Crippen MR) is 136 cm³/mol. The molecule has 0 radical (unpaired) electrons. The maximum Gasteiger partial charge on any atom is 0.573 e. The van der Waals surface area contributed by atoms with Crippen LogP contribution in [0.4, 0.5) is 32.2 Å². The van der Waals surface area contributed by atoms with Crippen molar-refractivity contribution in [3.8, 4) is 11.5 Å². The number of hydrogen-bond donors (Lipinski definition) is 2. The van der Waals surface area contributed by atoms with Crippen LogP contribution in [0.2, 0.25) is 0 Å². The van der Waals surface area contributed by atoms with Gasteiger partial charge < -0.3 is 24.8 Å². The molecule has 1 saturated heterocycles. The number of carboxylic acid groups (broad SMARTS) is 1. The molecule has 10 nitrogen and oxygen atoms in total. The molecule has 0 spiro atoms. The SMILES string of the molecule is O=C(O)c1cnc(N2CCN(Sc3ccc(OC(F)(F)F)cc3)[C@@H](C(=O)NCc3ccc(OC(F)(F)F)cc3)C2)cn1. The van der Waals surface area contributed by atoms with Gasteiger partial charge >= 0.3 is 18.7 Å². The van der Waals surface area contributed by atoms with E-state index < -0.39 is 42.1 Å². The van der Waals surface area contributed by atoms with E-state index in [4.69, 9.17) is 5.11 Å². The van der Waals surface area contributed by atoms with Gasteiger partial charge in [-0.3, -0.25) is 4.79 Å². The fourth-order valence-electron chi connectivity index (χ4n) is 3.85. The number of aromatic carboxylic acids is 1. The predicted octanol–water partition coefficient (Wildman–Crippen LogP) is 4.49. The van der Waals surface area contributed by atoms with E-state index in [2.05, 4.69) is 24.8 Å². The first-order valence-corrected chi connectivity index (χ1v) is 12.8. The summed E-state index contributed by atoms with van der Waals surface area (Å²) in [6, 6.07) is 9.25. The Hall–Kier alpha value is -4.25. The van der Waals surface area contributed by atoms with Crippen LogP contribution in [0.3, 0.4) is 0 Å². The van der Waals surface area contributed by atoms with E-state index in [-0.39, 0.29) is 25.3 Å². The number of nitrogens with zero attached hydrogens (tertiary/aromatic N) is 4. The molecule has 1 aliphatic rings. The van der Waals surface area contributed by atoms with E-state index in [1.165, 1.54) is 30.5 Å². The van der Waals surface area contributed by atoms with Crippen molar-refractivity contribution in [2.75, 3.05) is 24.5 Å². The normalized spacial score (nSPS) is 16.1. The second-order valence-corrected chi connectivity index (χ2v) is 9.81. The van der Waals surface area contributed by atoms with Crippen LogP contribution >= 0.6 is 11.9 Å². The molecule has 2 N–H and O–H groups in total. The lowest BCUT2D eigenvalue weighted by molar-refractivity contribution is -0.275. The van der Waals surface area contributed by atoms with Crippen molar-refractivity contribution in [1.82, 2.24) is 19.6 Å². The monoisotopic (exact) mass is 617 g/mol. The molecular formula is C25H21F6N5O5S. The van der Waals surface area contributed by atoms with Crippen molar-refractivity contribution < 1.29 is 50.5 Å². The van der Waals surface area contributed by atoms with E-state index in [0.717, 1.165) is 42.4 Å². The van der Waals surface area contributed by atoms with Crippen molar-refractivity contribution >= 4 is 29.6 Å². The van der Waals surface area contributed by atoms with Crippen LogP contribution < -0.4 is 19.7 Å². The van der Waals surface area contributed by atoms with Gasteiger partial charge in [0.2, 0.25) is 5.91 Å². The molecule has 0 aliphatic carbocycles. The number of aromatic nitrogens is 2. The number of alkyl halides is 6. The standard InChI is InChI=1S/C25H21F6N5O5S/c26-24(27,28)40-16-3-1-15(2-4-16)11-34-22(37)20-14-35(21-13-32-19(12-33-21)23(38)39)9-10-36(20)42-18-7-5-17(6-8-18)41-25(29,30)31/h1-8,12-13,20H,9-11,14H2,(H,34,37)(H,38,39)/t20-/m1/s1. The van der Waals surface area contributed by atoms with Crippen LogP contribution in [-0.2, 0) is 11.3 Å². The van der Waals surface area contributed by atoms with Crippen molar-refractivity contribution in [2.45, 2.75) is 30.2 Å². The molecule has 4 rings (SSSR count). The summed E-state index contributed by atoms with van der Waals surface area (Å²) in [4.78, 5) is 34.7. The molecule has 2 aromatic carbocycles. The molecule has 224 valence electrons. The van der Waals surface area contributed by atoms with Gasteiger partial charge in [0.15, 0.2) is 5.69 Å². The van der Waals surface area contributed by atoms with Gasteiger partial charge in [0.05, 0.1) is 12.4 Å². The fourth-order valence-corrected chi connectivity index (χ4v) is 4.84. The summed E-state index contributed by atoms with van der Waals surface area (Å²) in [5.41, 5.74) is 0.243. The van der Waals surface area contributed by atoms with Gasteiger partial charge in [-0.05, 0) is 53.9 Å². The number of carbonyl (C=O) groups is 2. The zero-order chi connectivity index (χ0) is 30.5. The number of piperazine rings is 1. The Kier molecular flexibility index (Phi) is 9.30. The maximum atomic E-state index is 13.3. The lowest BCUT2D eigenvalue weighted by atomic mass is 10.1. The molecule has 1 aromatic heterocycles. The Morgan fingerprint density at radius 3 is 2.02 bits per heavy atom. The summed E-state index contributed by atoms with van der Waals surface area (Å²) in [5.74, 6) is -2.19. The minimum Gasteiger partial charge on any atom is -0.476 e. The summed E-state index contributed by atoms with van der Waals surface area (Å²) in [7, 11) is 0. The molecule has 42 heavy (non-hydrogen) atoms. The number of rotatable bonds is 9. The third-order valence-electron chi connectivity index (χ3n) is 5.72.